The lowest BCUT2D eigenvalue weighted by Gasteiger charge is -2.03. The second-order valence-electron chi connectivity index (χ2n) is 4.70. The van der Waals surface area contributed by atoms with Crippen molar-refractivity contribution in [2.24, 2.45) is 0 Å². The van der Waals surface area contributed by atoms with Gasteiger partial charge in [0.05, 0.1) is 4.92 Å². The lowest BCUT2D eigenvalue weighted by atomic mass is 10.3. The van der Waals surface area contributed by atoms with Gasteiger partial charge in [0.1, 0.15) is 10.8 Å². The highest BCUT2D eigenvalue weighted by molar-refractivity contribution is 6.33. The van der Waals surface area contributed by atoms with Gasteiger partial charge in [-0.2, -0.15) is 0 Å². The molecule has 2 aromatic rings. The lowest BCUT2D eigenvalue weighted by molar-refractivity contribution is -0.384. The van der Waals surface area contributed by atoms with E-state index in [1.807, 2.05) is 0 Å². The summed E-state index contributed by atoms with van der Waals surface area (Å²) in [5.41, 5.74) is 0.122. The minimum absolute atomic E-state index is 0.0337. The van der Waals surface area contributed by atoms with Crippen LogP contribution in [0.2, 0.25) is 5.02 Å². The monoisotopic (exact) mass is 307 g/mol. The van der Waals surface area contributed by atoms with E-state index in [2.05, 4.69) is 20.5 Å². The fourth-order valence-corrected chi connectivity index (χ4v) is 2.08. The molecule has 9 heteroatoms. The Morgan fingerprint density at radius 1 is 1.48 bits per heavy atom. The van der Waals surface area contributed by atoms with E-state index in [1.165, 1.54) is 18.2 Å². The molecule has 0 unspecified atom stereocenters. The van der Waals surface area contributed by atoms with Crippen LogP contribution < -0.4 is 5.32 Å². The molecule has 0 radical (unpaired) electrons. The van der Waals surface area contributed by atoms with Crippen LogP contribution in [0, 0.1) is 10.1 Å². The van der Waals surface area contributed by atoms with Crippen molar-refractivity contribution in [1.29, 1.82) is 0 Å². The topological polar surface area (TPSA) is 114 Å². The van der Waals surface area contributed by atoms with E-state index in [9.17, 15) is 14.9 Å². The van der Waals surface area contributed by atoms with E-state index in [-0.39, 0.29) is 16.5 Å². The van der Waals surface area contributed by atoms with Crippen LogP contribution in [0.15, 0.2) is 18.2 Å². The van der Waals surface area contributed by atoms with Crippen LogP contribution >= 0.6 is 11.6 Å². The van der Waals surface area contributed by atoms with Crippen molar-refractivity contribution >= 4 is 28.9 Å². The maximum Gasteiger partial charge on any atom is 0.295 e. The summed E-state index contributed by atoms with van der Waals surface area (Å²) in [5, 5.41) is 19.7. The SMILES string of the molecule is O=C(Nc1ccc([N+](=O)[O-])c(Cl)c1)c1n[nH]c(C2CC2)n1. The summed E-state index contributed by atoms with van der Waals surface area (Å²) in [7, 11) is 0. The maximum atomic E-state index is 12.0. The predicted molar refractivity (Wildman–Crippen MR) is 74.4 cm³/mol. The molecule has 1 aromatic heterocycles. The molecule has 0 spiro atoms. The minimum Gasteiger partial charge on any atom is -0.319 e. The number of H-pyrrole nitrogens is 1. The van der Waals surface area contributed by atoms with E-state index >= 15 is 0 Å². The number of hydrogen-bond donors (Lipinski definition) is 2. The Labute approximate surface area is 123 Å². The predicted octanol–water partition coefficient (Wildman–Crippen LogP) is 2.50. The van der Waals surface area contributed by atoms with Crippen LogP contribution in [-0.2, 0) is 0 Å². The van der Waals surface area contributed by atoms with Gasteiger partial charge in [0.15, 0.2) is 0 Å². The summed E-state index contributed by atoms with van der Waals surface area (Å²) in [6.07, 6.45) is 2.10. The van der Waals surface area contributed by atoms with E-state index < -0.39 is 10.8 Å². The van der Waals surface area contributed by atoms with Crippen molar-refractivity contribution in [1.82, 2.24) is 15.2 Å². The van der Waals surface area contributed by atoms with Crippen LogP contribution in [0.5, 0.6) is 0 Å². The van der Waals surface area contributed by atoms with Gasteiger partial charge in [0, 0.05) is 17.7 Å². The van der Waals surface area contributed by atoms with Crippen LogP contribution in [0.1, 0.15) is 35.2 Å². The molecule has 1 saturated carbocycles. The van der Waals surface area contributed by atoms with Crippen LogP contribution in [-0.4, -0.2) is 26.0 Å². The molecular weight excluding hydrogens is 298 g/mol. The highest BCUT2D eigenvalue weighted by atomic mass is 35.5. The molecule has 2 N–H and O–H groups in total. The molecule has 3 rings (SSSR count). The molecule has 1 aliphatic rings. The van der Waals surface area contributed by atoms with E-state index in [0.717, 1.165) is 12.8 Å². The zero-order valence-corrected chi connectivity index (χ0v) is 11.4. The third-order valence-electron chi connectivity index (χ3n) is 3.07. The number of nitro groups is 1. The molecule has 1 heterocycles. The Balaban J connectivity index is 1.74. The molecule has 21 heavy (non-hydrogen) atoms. The number of halogens is 1. The number of hydrogen-bond acceptors (Lipinski definition) is 5. The normalized spacial score (nSPS) is 14.0. The number of nitrogens with zero attached hydrogens (tertiary/aromatic N) is 3. The molecule has 1 amide bonds. The number of amides is 1. The number of benzene rings is 1. The Kier molecular flexibility index (Phi) is 3.30. The summed E-state index contributed by atoms with van der Waals surface area (Å²) in [5.74, 6) is 0.615. The zero-order valence-electron chi connectivity index (χ0n) is 10.7. The number of rotatable bonds is 4. The summed E-state index contributed by atoms with van der Waals surface area (Å²) in [6.45, 7) is 0. The first-order valence-electron chi connectivity index (χ1n) is 6.22. The average Bonchev–Trinajstić information content (AvgIpc) is 3.16. The van der Waals surface area contributed by atoms with Crippen molar-refractivity contribution < 1.29 is 9.72 Å². The molecule has 8 nitrogen and oxygen atoms in total. The second kappa shape index (κ2) is 5.13. The molecule has 1 aliphatic carbocycles. The Morgan fingerprint density at radius 2 is 2.24 bits per heavy atom. The number of nitro benzene ring substituents is 1. The fourth-order valence-electron chi connectivity index (χ4n) is 1.83. The lowest BCUT2D eigenvalue weighted by Crippen LogP contribution is -2.13. The number of nitrogens with one attached hydrogen (secondary N) is 2. The largest absolute Gasteiger partial charge is 0.319 e. The van der Waals surface area contributed by atoms with Crippen molar-refractivity contribution in [2.75, 3.05) is 5.32 Å². The smallest absolute Gasteiger partial charge is 0.295 e. The number of aromatic amines is 1. The number of carbonyl (C=O) groups excluding carboxylic acids is 1. The molecule has 108 valence electrons. The van der Waals surface area contributed by atoms with Gasteiger partial charge in [-0.1, -0.05) is 11.6 Å². The van der Waals surface area contributed by atoms with Crippen LogP contribution in [0.3, 0.4) is 0 Å². The third-order valence-corrected chi connectivity index (χ3v) is 3.37. The quantitative estimate of drug-likeness (QED) is 0.665. The van der Waals surface area contributed by atoms with Gasteiger partial charge in [-0.25, -0.2) is 4.98 Å². The molecular formula is C12H10ClN5O3. The zero-order chi connectivity index (χ0) is 15.0. The Morgan fingerprint density at radius 3 is 2.86 bits per heavy atom. The van der Waals surface area contributed by atoms with Gasteiger partial charge in [0.25, 0.3) is 11.6 Å². The van der Waals surface area contributed by atoms with E-state index in [1.54, 1.807) is 0 Å². The summed E-state index contributed by atoms with van der Waals surface area (Å²) in [6, 6.07) is 3.94. The van der Waals surface area contributed by atoms with Crippen molar-refractivity contribution in [3.63, 3.8) is 0 Å². The second-order valence-corrected chi connectivity index (χ2v) is 5.10. The van der Waals surface area contributed by atoms with Gasteiger partial charge >= 0.3 is 0 Å². The van der Waals surface area contributed by atoms with Crippen molar-refractivity contribution in [2.45, 2.75) is 18.8 Å². The highest BCUT2D eigenvalue weighted by Crippen LogP contribution is 2.37. The minimum atomic E-state index is -0.592. The van der Waals surface area contributed by atoms with E-state index in [0.29, 0.717) is 17.4 Å². The maximum absolute atomic E-state index is 12.0. The standard InChI is InChI=1S/C12H10ClN5O3/c13-8-5-7(3-4-9(8)18(20)21)14-12(19)11-15-10(16-17-11)6-1-2-6/h3-6H,1-2H2,(H,14,19)(H,15,16,17). The summed E-state index contributed by atoms with van der Waals surface area (Å²) in [4.78, 5) is 26.2. The molecule has 0 aliphatic heterocycles. The molecule has 0 bridgehead atoms. The first-order valence-corrected chi connectivity index (χ1v) is 6.60. The Bertz CT molecular complexity index is 725. The summed E-state index contributed by atoms with van der Waals surface area (Å²) < 4.78 is 0. The van der Waals surface area contributed by atoms with Crippen LogP contribution in [0.4, 0.5) is 11.4 Å². The number of anilines is 1. The number of carbonyl (C=O) groups is 1. The van der Waals surface area contributed by atoms with E-state index in [4.69, 9.17) is 11.6 Å². The third kappa shape index (κ3) is 2.84. The molecule has 0 saturated heterocycles. The van der Waals surface area contributed by atoms with Crippen LogP contribution in [0.25, 0.3) is 0 Å². The van der Waals surface area contributed by atoms with Gasteiger partial charge in [0.2, 0.25) is 5.82 Å². The molecule has 0 atom stereocenters. The van der Waals surface area contributed by atoms with Gasteiger partial charge in [-0.05, 0) is 25.0 Å². The van der Waals surface area contributed by atoms with Gasteiger partial charge in [-0.15, -0.1) is 5.10 Å². The summed E-state index contributed by atoms with van der Waals surface area (Å²) >= 11 is 5.78. The average molecular weight is 308 g/mol. The molecule has 1 aromatic carbocycles. The van der Waals surface area contributed by atoms with Crippen molar-refractivity contribution in [3.05, 3.63) is 45.0 Å². The van der Waals surface area contributed by atoms with Gasteiger partial charge in [-0.3, -0.25) is 20.0 Å². The Hall–Kier alpha value is -2.48. The first-order chi connectivity index (χ1) is 10.0. The number of aromatic nitrogens is 3. The molecule has 1 fully saturated rings. The highest BCUT2D eigenvalue weighted by Gasteiger charge is 2.28. The van der Waals surface area contributed by atoms with Gasteiger partial charge < -0.3 is 5.32 Å². The fraction of sp³-hybridized carbons (Fsp3) is 0.250. The first kappa shape index (κ1) is 13.5. The van der Waals surface area contributed by atoms with Crippen molar-refractivity contribution in [3.8, 4) is 0 Å².